The third-order valence-corrected chi connectivity index (χ3v) is 5.42. The van der Waals surface area contributed by atoms with Gasteiger partial charge in [0.25, 0.3) is 5.91 Å². The number of carbonyl (C=O) groups is 3. The molecule has 2 N–H and O–H groups in total. The largest absolute Gasteiger partial charge is 0.350 e. The molecular formula is C18H19N3O3S. The molecule has 25 heavy (non-hydrogen) atoms. The molecule has 4 amide bonds. The summed E-state index contributed by atoms with van der Waals surface area (Å²) in [6, 6.07) is 10.8. The first-order chi connectivity index (χ1) is 11.9. The highest BCUT2D eigenvalue weighted by molar-refractivity contribution is 7.10. The molecule has 0 aliphatic carbocycles. The molecule has 7 heteroatoms. The van der Waals surface area contributed by atoms with Gasteiger partial charge in [0.15, 0.2) is 5.54 Å². The molecule has 1 atom stereocenters. The van der Waals surface area contributed by atoms with E-state index in [1.54, 1.807) is 13.0 Å². The molecule has 0 spiro atoms. The van der Waals surface area contributed by atoms with Crippen LogP contribution in [0.1, 0.15) is 22.9 Å². The Balaban J connectivity index is 1.64. The topological polar surface area (TPSA) is 78.5 Å². The highest BCUT2D eigenvalue weighted by Gasteiger charge is 2.50. The molecule has 0 bridgehead atoms. The molecule has 1 aliphatic rings. The van der Waals surface area contributed by atoms with Crippen molar-refractivity contribution in [3.05, 3.63) is 57.8 Å². The van der Waals surface area contributed by atoms with Gasteiger partial charge in [0, 0.05) is 11.4 Å². The van der Waals surface area contributed by atoms with E-state index in [0.29, 0.717) is 6.54 Å². The number of amides is 4. The lowest BCUT2D eigenvalue weighted by Crippen LogP contribution is -2.42. The molecule has 0 saturated carbocycles. The number of hydrogen-bond donors (Lipinski definition) is 2. The Bertz CT molecular complexity index is 819. The summed E-state index contributed by atoms with van der Waals surface area (Å²) >= 11 is 1.39. The van der Waals surface area contributed by atoms with Crippen molar-refractivity contribution < 1.29 is 14.4 Å². The summed E-state index contributed by atoms with van der Waals surface area (Å²) < 4.78 is 0. The van der Waals surface area contributed by atoms with Gasteiger partial charge < -0.3 is 10.6 Å². The minimum atomic E-state index is -1.11. The maximum absolute atomic E-state index is 12.7. The monoisotopic (exact) mass is 357 g/mol. The average Bonchev–Trinajstić information content (AvgIpc) is 3.19. The lowest BCUT2D eigenvalue weighted by atomic mass is 10.0. The second kappa shape index (κ2) is 6.68. The minimum absolute atomic E-state index is 0.294. The third-order valence-electron chi connectivity index (χ3n) is 4.33. The van der Waals surface area contributed by atoms with E-state index in [-0.39, 0.29) is 12.5 Å². The van der Waals surface area contributed by atoms with Gasteiger partial charge in [0.2, 0.25) is 5.91 Å². The van der Waals surface area contributed by atoms with Gasteiger partial charge in [-0.15, -0.1) is 11.3 Å². The Morgan fingerprint density at radius 3 is 2.68 bits per heavy atom. The Kier molecular flexibility index (Phi) is 4.59. The van der Waals surface area contributed by atoms with E-state index in [9.17, 15) is 14.4 Å². The van der Waals surface area contributed by atoms with Crippen molar-refractivity contribution in [3.8, 4) is 0 Å². The van der Waals surface area contributed by atoms with Crippen molar-refractivity contribution in [1.82, 2.24) is 15.5 Å². The number of nitrogens with zero attached hydrogens (tertiary/aromatic N) is 1. The number of urea groups is 1. The Morgan fingerprint density at radius 1 is 1.24 bits per heavy atom. The molecule has 2 aromatic rings. The van der Waals surface area contributed by atoms with Crippen molar-refractivity contribution in [2.24, 2.45) is 0 Å². The van der Waals surface area contributed by atoms with Crippen LogP contribution in [0.2, 0.25) is 0 Å². The fraction of sp³-hybridized carbons (Fsp3) is 0.278. The van der Waals surface area contributed by atoms with Crippen LogP contribution in [0.5, 0.6) is 0 Å². The first-order valence-electron chi connectivity index (χ1n) is 7.91. The minimum Gasteiger partial charge on any atom is -0.350 e. The zero-order valence-corrected chi connectivity index (χ0v) is 14.9. The molecule has 1 unspecified atom stereocenters. The molecular weight excluding hydrogens is 338 g/mol. The molecule has 1 saturated heterocycles. The van der Waals surface area contributed by atoms with E-state index in [4.69, 9.17) is 0 Å². The van der Waals surface area contributed by atoms with Gasteiger partial charge in [-0.25, -0.2) is 4.79 Å². The molecule has 1 aliphatic heterocycles. The maximum atomic E-state index is 12.7. The molecule has 1 fully saturated rings. The van der Waals surface area contributed by atoms with E-state index in [1.807, 2.05) is 42.6 Å². The number of carbonyl (C=O) groups excluding carboxylic acids is 3. The Labute approximate surface area is 149 Å². The number of aryl methyl sites for hydroxylation is 1. The van der Waals surface area contributed by atoms with Gasteiger partial charge >= 0.3 is 6.03 Å². The van der Waals surface area contributed by atoms with Gasteiger partial charge in [-0.1, -0.05) is 30.3 Å². The van der Waals surface area contributed by atoms with E-state index >= 15 is 0 Å². The Morgan fingerprint density at radius 2 is 2.00 bits per heavy atom. The van der Waals surface area contributed by atoms with Crippen molar-refractivity contribution in [1.29, 1.82) is 0 Å². The normalized spacial score (nSPS) is 19.8. The van der Waals surface area contributed by atoms with Gasteiger partial charge in [-0.2, -0.15) is 0 Å². The number of rotatable bonds is 5. The van der Waals surface area contributed by atoms with Crippen molar-refractivity contribution in [2.45, 2.75) is 25.9 Å². The molecule has 1 aromatic carbocycles. The quantitative estimate of drug-likeness (QED) is 0.805. The van der Waals surface area contributed by atoms with Crippen LogP contribution >= 0.6 is 11.3 Å². The zero-order valence-electron chi connectivity index (χ0n) is 14.0. The molecule has 0 radical (unpaired) electrons. The fourth-order valence-electron chi connectivity index (χ4n) is 2.77. The predicted octanol–water partition coefficient (Wildman–Crippen LogP) is 2.14. The van der Waals surface area contributed by atoms with Gasteiger partial charge in [0.1, 0.15) is 6.54 Å². The molecule has 6 nitrogen and oxygen atoms in total. The van der Waals surface area contributed by atoms with Crippen LogP contribution in [0.4, 0.5) is 4.79 Å². The maximum Gasteiger partial charge on any atom is 0.325 e. The first kappa shape index (κ1) is 17.2. The molecule has 130 valence electrons. The van der Waals surface area contributed by atoms with Crippen LogP contribution in [0, 0.1) is 6.92 Å². The van der Waals surface area contributed by atoms with E-state index < -0.39 is 17.5 Å². The van der Waals surface area contributed by atoms with Gasteiger partial charge in [-0.05, 0) is 36.4 Å². The van der Waals surface area contributed by atoms with Crippen LogP contribution in [0.25, 0.3) is 0 Å². The van der Waals surface area contributed by atoms with E-state index in [0.717, 1.165) is 20.9 Å². The highest BCUT2D eigenvalue weighted by Crippen LogP contribution is 2.31. The number of hydrogen-bond acceptors (Lipinski definition) is 4. The lowest BCUT2D eigenvalue weighted by Gasteiger charge is -2.20. The van der Waals surface area contributed by atoms with Crippen LogP contribution in [0.15, 0.2) is 41.8 Å². The predicted molar refractivity (Wildman–Crippen MR) is 94.9 cm³/mol. The smallest absolute Gasteiger partial charge is 0.325 e. The number of thiophene rings is 1. The lowest BCUT2D eigenvalue weighted by molar-refractivity contribution is -0.134. The average molecular weight is 357 g/mol. The van der Waals surface area contributed by atoms with Crippen molar-refractivity contribution in [2.75, 3.05) is 6.54 Å². The van der Waals surface area contributed by atoms with Gasteiger partial charge in [-0.3, -0.25) is 14.5 Å². The molecule has 3 rings (SSSR count). The first-order valence-corrected chi connectivity index (χ1v) is 8.79. The second-order valence-corrected chi connectivity index (χ2v) is 7.07. The number of benzene rings is 1. The number of imide groups is 1. The Hall–Kier alpha value is -2.67. The number of nitrogens with one attached hydrogen (secondary N) is 2. The standard InChI is InChI=1S/C18H19N3O3S/c1-12-6-3-4-7-13(12)10-19-15(22)11-21-16(23)18(2,20-17(21)24)14-8-5-9-25-14/h3-9H,10-11H2,1-2H3,(H,19,22)(H,20,24). The van der Waals surface area contributed by atoms with Crippen molar-refractivity contribution in [3.63, 3.8) is 0 Å². The van der Waals surface area contributed by atoms with Gasteiger partial charge in [0.05, 0.1) is 0 Å². The molecule has 1 aromatic heterocycles. The summed E-state index contributed by atoms with van der Waals surface area (Å²) in [6.45, 7) is 3.69. The highest BCUT2D eigenvalue weighted by atomic mass is 32.1. The summed E-state index contributed by atoms with van der Waals surface area (Å²) in [4.78, 5) is 38.7. The van der Waals surface area contributed by atoms with Crippen LogP contribution < -0.4 is 10.6 Å². The summed E-state index contributed by atoms with van der Waals surface area (Å²) in [7, 11) is 0. The summed E-state index contributed by atoms with van der Waals surface area (Å²) in [5.74, 6) is -0.784. The zero-order chi connectivity index (χ0) is 18.0. The SMILES string of the molecule is Cc1ccccc1CNC(=O)CN1C(=O)NC(C)(c2cccs2)C1=O. The molecule has 2 heterocycles. The van der Waals surface area contributed by atoms with Crippen LogP contribution in [0.3, 0.4) is 0 Å². The summed E-state index contributed by atoms with van der Waals surface area (Å²) in [5.41, 5.74) is 0.959. The third kappa shape index (κ3) is 3.28. The van der Waals surface area contributed by atoms with E-state index in [1.165, 1.54) is 11.3 Å². The summed E-state index contributed by atoms with van der Waals surface area (Å²) in [5, 5.41) is 7.29. The second-order valence-electron chi connectivity index (χ2n) is 6.13. The van der Waals surface area contributed by atoms with Crippen molar-refractivity contribution >= 4 is 29.2 Å². The van der Waals surface area contributed by atoms with Crippen LogP contribution in [-0.2, 0) is 21.7 Å². The van der Waals surface area contributed by atoms with E-state index in [2.05, 4.69) is 10.6 Å². The fourth-order valence-corrected chi connectivity index (χ4v) is 3.61. The van der Waals surface area contributed by atoms with Crippen LogP contribution in [-0.4, -0.2) is 29.3 Å². The summed E-state index contributed by atoms with van der Waals surface area (Å²) in [6.07, 6.45) is 0.